The molecule has 0 unspecified atom stereocenters. The third-order valence-corrected chi connectivity index (χ3v) is 5.60. The molecule has 0 atom stereocenters. The number of nitrogens with one attached hydrogen (secondary N) is 1. The van der Waals surface area contributed by atoms with E-state index in [4.69, 9.17) is 28.1 Å². The van der Waals surface area contributed by atoms with Crippen molar-refractivity contribution in [2.24, 2.45) is 0 Å². The fraction of sp³-hybridized carbons (Fsp3) is 0.375. The van der Waals surface area contributed by atoms with E-state index >= 15 is 0 Å². The maximum atomic E-state index is 12.8. The minimum Gasteiger partial charge on any atom is -0.493 e. The minimum atomic E-state index is -0.559. The van der Waals surface area contributed by atoms with E-state index in [0.717, 1.165) is 23.3 Å². The van der Waals surface area contributed by atoms with Crippen LogP contribution in [-0.4, -0.2) is 43.8 Å². The van der Waals surface area contributed by atoms with E-state index in [0.29, 0.717) is 12.4 Å². The van der Waals surface area contributed by atoms with E-state index in [1.54, 1.807) is 6.07 Å². The number of carbonyl (C=O) groups is 1. The third kappa shape index (κ3) is 4.43. The molecule has 0 bridgehead atoms. The largest absolute Gasteiger partial charge is 0.493 e. The Morgan fingerprint density at radius 3 is 2.41 bits per heavy atom. The van der Waals surface area contributed by atoms with Gasteiger partial charge in [0.05, 0.1) is 27.9 Å². The number of carbonyl (C=O) groups excluding carboxylic acids is 1. The van der Waals surface area contributed by atoms with Gasteiger partial charge in [0.25, 0.3) is 11.9 Å². The highest BCUT2D eigenvalue weighted by Gasteiger charge is 2.30. The molecule has 0 spiro atoms. The van der Waals surface area contributed by atoms with Crippen LogP contribution >= 0.6 is 0 Å². The number of aromatic nitrogens is 2. The second-order valence-corrected chi connectivity index (χ2v) is 8.38. The summed E-state index contributed by atoms with van der Waals surface area (Å²) in [4.78, 5) is 21.0. The molecule has 1 aliphatic rings. The summed E-state index contributed by atoms with van der Waals surface area (Å²) in [6.07, 6.45) is 0.913. The molecule has 10 heteroatoms. The van der Waals surface area contributed by atoms with Crippen LogP contribution in [0.4, 0.5) is 5.69 Å². The number of methoxy groups -OCH3 is 3. The Balaban J connectivity index is 1.55. The average molecular weight is 469 g/mol. The monoisotopic (exact) mass is 469 g/mol. The van der Waals surface area contributed by atoms with Crippen LogP contribution in [0.5, 0.6) is 35.2 Å². The fourth-order valence-electron chi connectivity index (χ4n) is 3.72. The van der Waals surface area contributed by atoms with Crippen molar-refractivity contribution >= 4 is 11.6 Å². The van der Waals surface area contributed by atoms with E-state index in [1.165, 1.54) is 27.4 Å². The average Bonchev–Trinajstić information content (AvgIpc) is 3.28. The molecule has 1 aromatic carbocycles. The number of anilines is 1. The van der Waals surface area contributed by atoms with Gasteiger partial charge in [0.15, 0.2) is 11.4 Å². The van der Waals surface area contributed by atoms with Gasteiger partial charge in [0.1, 0.15) is 11.5 Å². The van der Waals surface area contributed by atoms with Crippen molar-refractivity contribution in [1.29, 1.82) is 0 Å². The lowest BCUT2D eigenvalue weighted by molar-refractivity contribution is 0.0990. The molecule has 0 aliphatic carbocycles. The number of furan rings is 1. The number of nitrogens with zero attached hydrogens (tertiary/aromatic N) is 2. The summed E-state index contributed by atoms with van der Waals surface area (Å²) in [7, 11) is 4.22. The SMILES string of the molecule is COc1nc(OC)c(NC(=O)c2ccc(Oc3cc(C)c4c(c3)C(C)(C)CCO4)o2)c(OC)n1. The highest BCUT2D eigenvalue weighted by Crippen LogP contribution is 2.43. The maximum absolute atomic E-state index is 12.8. The zero-order valence-corrected chi connectivity index (χ0v) is 20.0. The lowest BCUT2D eigenvalue weighted by Crippen LogP contribution is -2.27. The molecular weight excluding hydrogens is 442 g/mol. The summed E-state index contributed by atoms with van der Waals surface area (Å²) in [5.74, 6) is 1.29. The van der Waals surface area contributed by atoms with Gasteiger partial charge < -0.3 is 33.4 Å². The molecule has 2 aromatic heterocycles. The molecule has 180 valence electrons. The number of rotatable bonds is 7. The summed E-state index contributed by atoms with van der Waals surface area (Å²) < 4.78 is 32.9. The molecule has 34 heavy (non-hydrogen) atoms. The van der Waals surface area contributed by atoms with Crippen LogP contribution in [0.15, 0.2) is 28.7 Å². The van der Waals surface area contributed by atoms with Crippen molar-refractivity contribution in [2.75, 3.05) is 33.3 Å². The summed E-state index contributed by atoms with van der Waals surface area (Å²) in [5.41, 5.74) is 2.16. The lowest BCUT2D eigenvalue weighted by Gasteiger charge is -2.33. The first-order valence-electron chi connectivity index (χ1n) is 10.7. The molecule has 1 N–H and O–H groups in total. The summed E-state index contributed by atoms with van der Waals surface area (Å²) in [6, 6.07) is 6.95. The van der Waals surface area contributed by atoms with E-state index < -0.39 is 5.91 Å². The second kappa shape index (κ2) is 9.12. The topological polar surface area (TPSA) is 114 Å². The van der Waals surface area contributed by atoms with Crippen molar-refractivity contribution in [3.63, 3.8) is 0 Å². The number of benzene rings is 1. The Labute approximate surface area is 197 Å². The van der Waals surface area contributed by atoms with Crippen molar-refractivity contribution in [3.8, 4) is 35.2 Å². The Hall–Kier alpha value is -3.95. The van der Waals surface area contributed by atoms with Gasteiger partial charge in [-0.3, -0.25) is 4.79 Å². The first-order chi connectivity index (χ1) is 16.2. The summed E-state index contributed by atoms with van der Waals surface area (Å²) >= 11 is 0. The summed E-state index contributed by atoms with van der Waals surface area (Å²) in [6.45, 7) is 7.02. The predicted molar refractivity (Wildman–Crippen MR) is 123 cm³/mol. The second-order valence-electron chi connectivity index (χ2n) is 8.38. The highest BCUT2D eigenvalue weighted by atomic mass is 16.6. The van der Waals surface area contributed by atoms with Gasteiger partial charge in [-0.15, -0.1) is 0 Å². The highest BCUT2D eigenvalue weighted by molar-refractivity contribution is 6.03. The van der Waals surface area contributed by atoms with Crippen molar-refractivity contribution in [3.05, 3.63) is 41.2 Å². The number of aryl methyl sites for hydroxylation is 1. The van der Waals surface area contributed by atoms with Crippen LogP contribution < -0.4 is 29.0 Å². The van der Waals surface area contributed by atoms with Gasteiger partial charge in [0.2, 0.25) is 11.8 Å². The van der Waals surface area contributed by atoms with Gasteiger partial charge in [-0.2, -0.15) is 9.97 Å². The lowest BCUT2D eigenvalue weighted by atomic mass is 9.79. The van der Waals surface area contributed by atoms with Crippen molar-refractivity contribution in [2.45, 2.75) is 32.6 Å². The molecule has 10 nitrogen and oxygen atoms in total. The van der Waals surface area contributed by atoms with E-state index in [9.17, 15) is 4.79 Å². The van der Waals surface area contributed by atoms with Crippen LogP contribution in [0.1, 0.15) is 41.9 Å². The van der Waals surface area contributed by atoms with Gasteiger partial charge in [-0.05, 0) is 42.5 Å². The quantitative estimate of drug-likeness (QED) is 0.534. The predicted octanol–water partition coefficient (Wildman–Crippen LogP) is 4.51. The van der Waals surface area contributed by atoms with Crippen LogP contribution in [0.2, 0.25) is 0 Å². The van der Waals surface area contributed by atoms with Gasteiger partial charge in [-0.25, -0.2) is 0 Å². The minimum absolute atomic E-state index is 0.0215. The molecule has 0 saturated carbocycles. The van der Waals surface area contributed by atoms with Gasteiger partial charge in [-0.1, -0.05) is 13.8 Å². The molecule has 3 heterocycles. The molecule has 3 aromatic rings. The smallest absolute Gasteiger partial charge is 0.322 e. The first-order valence-corrected chi connectivity index (χ1v) is 10.7. The van der Waals surface area contributed by atoms with E-state index in [1.807, 2.05) is 19.1 Å². The Kier molecular flexibility index (Phi) is 6.23. The standard InChI is InChI=1S/C24H27N3O7/c1-13-11-14(12-15-19(13)32-10-9-24(15,2)3)33-17-8-7-16(34-17)20(28)25-18-21(29-4)26-23(31-6)27-22(18)30-5/h7-8,11-12H,9-10H2,1-6H3,(H,25,28). The number of amides is 1. The van der Waals surface area contributed by atoms with E-state index in [2.05, 4.69) is 29.1 Å². The number of ether oxygens (including phenoxy) is 5. The molecule has 1 amide bonds. The summed E-state index contributed by atoms with van der Waals surface area (Å²) in [5, 5.41) is 2.65. The van der Waals surface area contributed by atoms with Gasteiger partial charge >= 0.3 is 6.01 Å². The number of fused-ring (bicyclic) bond motifs is 1. The number of hydrogen-bond acceptors (Lipinski definition) is 9. The molecule has 1 aliphatic heterocycles. The molecule has 0 saturated heterocycles. The Morgan fingerprint density at radius 2 is 1.76 bits per heavy atom. The maximum Gasteiger partial charge on any atom is 0.322 e. The third-order valence-electron chi connectivity index (χ3n) is 5.60. The molecule has 0 fully saturated rings. The van der Waals surface area contributed by atoms with Crippen molar-refractivity contribution < 1.29 is 32.9 Å². The molecule has 4 rings (SSSR count). The fourth-order valence-corrected chi connectivity index (χ4v) is 3.72. The molecule has 0 radical (unpaired) electrons. The zero-order valence-electron chi connectivity index (χ0n) is 20.0. The van der Waals surface area contributed by atoms with Crippen LogP contribution in [-0.2, 0) is 5.41 Å². The Morgan fingerprint density at radius 1 is 1.06 bits per heavy atom. The Bertz CT molecular complexity index is 1190. The van der Waals surface area contributed by atoms with Gasteiger partial charge in [0, 0.05) is 11.6 Å². The van der Waals surface area contributed by atoms with E-state index in [-0.39, 0.29) is 40.6 Å². The normalized spacial score (nSPS) is 13.9. The molecular formula is C24H27N3O7. The number of hydrogen-bond donors (Lipinski definition) is 1. The first kappa shape index (κ1) is 23.2. The van der Waals surface area contributed by atoms with Crippen LogP contribution in [0.25, 0.3) is 0 Å². The van der Waals surface area contributed by atoms with Crippen LogP contribution in [0.3, 0.4) is 0 Å². The zero-order chi connectivity index (χ0) is 24.5. The van der Waals surface area contributed by atoms with Crippen molar-refractivity contribution in [1.82, 2.24) is 9.97 Å². The van der Waals surface area contributed by atoms with Crippen LogP contribution in [0, 0.1) is 6.92 Å².